The molecule has 8 nitrogen and oxygen atoms in total. The highest BCUT2D eigenvalue weighted by molar-refractivity contribution is 7.99. The largest absolute Gasteiger partial charge is 0.326 e. The van der Waals surface area contributed by atoms with Gasteiger partial charge >= 0.3 is 0 Å². The number of hydrogen-bond acceptors (Lipinski definition) is 6. The Hall–Kier alpha value is -2.85. The summed E-state index contributed by atoms with van der Waals surface area (Å²) in [6, 6.07) is 11.8. The van der Waals surface area contributed by atoms with Gasteiger partial charge in [-0.2, -0.15) is 0 Å². The maximum Gasteiger partial charge on any atom is 0.262 e. The van der Waals surface area contributed by atoms with Crippen molar-refractivity contribution in [3.8, 4) is 0 Å². The molecule has 2 N–H and O–H groups in total. The van der Waals surface area contributed by atoms with Crippen molar-refractivity contribution < 1.29 is 13.2 Å². The van der Waals surface area contributed by atoms with Gasteiger partial charge in [-0.3, -0.25) is 9.52 Å². The number of amides is 1. The number of aromatic nitrogens is 3. The van der Waals surface area contributed by atoms with Crippen LogP contribution in [0.1, 0.15) is 12.5 Å². The first-order valence-corrected chi connectivity index (χ1v) is 10.6. The van der Waals surface area contributed by atoms with Gasteiger partial charge in [0, 0.05) is 24.6 Å². The fourth-order valence-electron chi connectivity index (χ4n) is 2.47. The van der Waals surface area contributed by atoms with E-state index >= 15 is 0 Å². The van der Waals surface area contributed by atoms with Crippen molar-refractivity contribution in [2.24, 2.45) is 7.05 Å². The molecule has 0 saturated carbocycles. The lowest BCUT2D eigenvalue weighted by molar-refractivity contribution is -0.114. The molecule has 1 heterocycles. The molecule has 1 amide bonds. The van der Waals surface area contributed by atoms with Crippen LogP contribution in [-0.4, -0.2) is 29.1 Å². The molecule has 10 heteroatoms. The van der Waals surface area contributed by atoms with Crippen LogP contribution in [0.4, 0.5) is 11.4 Å². The average molecular weight is 418 g/mol. The third-order valence-electron chi connectivity index (χ3n) is 3.80. The molecule has 28 heavy (non-hydrogen) atoms. The van der Waals surface area contributed by atoms with Crippen molar-refractivity contribution in [3.63, 3.8) is 0 Å². The summed E-state index contributed by atoms with van der Waals surface area (Å²) < 4.78 is 30.4. The van der Waals surface area contributed by atoms with Crippen LogP contribution < -0.4 is 10.0 Å². The molecule has 3 aromatic rings. The van der Waals surface area contributed by atoms with Gasteiger partial charge in [-0.05, 0) is 48.5 Å². The van der Waals surface area contributed by atoms with Crippen LogP contribution in [-0.2, 0) is 21.9 Å². The van der Waals surface area contributed by atoms with E-state index < -0.39 is 10.0 Å². The zero-order valence-electron chi connectivity index (χ0n) is 15.5. The van der Waals surface area contributed by atoms with E-state index in [4.69, 9.17) is 0 Å². The van der Waals surface area contributed by atoms with E-state index in [2.05, 4.69) is 20.2 Å². The van der Waals surface area contributed by atoms with Gasteiger partial charge in [-0.25, -0.2) is 8.42 Å². The zero-order valence-corrected chi connectivity index (χ0v) is 17.1. The summed E-state index contributed by atoms with van der Waals surface area (Å²) in [7, 11) is -2.06. The number of anilines is 2. The minimum atomic E-state index is -3.87. The lowest BCUT2D eigenvalue weighted by Crippen LogP contribution is -2.16. The Kier molecular flexibility index (Phi) is 5.71. The second-order valence-electron chi connectivity index (χ2n) is 6.09. The van der Waals surface area contributed by atoms with Crippen LogP contribution in [0.15, 0.2) is 63.7 Å². The average Bonchev–Trinajstić information content (AvgIpc) is 3.02. The molecule has 2 aromatic carbocycles. The minimum absolute atomic E-state index is 0.0946. The zero-order chi connectivity index (χ0) is 20.3. The Morgan fingerprint density at radius 2 is 1.93 bits per heavy atom. The standard InChI is InChI=1S/C18H19N5O3S2/c1-12-8-9-14(20-13(2)24)10-17(12)28(25,26)22-15-6-4-5-7-16(15)27-18-21-19-11-23(18)3/h4-11,22H,1-3H3,(H,20,24). The summed E-state index contributed by atoms with van der Waals surface area (Å²) in [5.41, 5.74) is 1.42. The van der Waals surface area contributed by atoms with Crippen LogP contribution in [0, 0.1) is 6.92 Å². The third-order valence-corrected chi connectivity index (χ3v) is 6.44. The van der Waals surface area contributed by atoms with Gasteiger partial charge in [0.25, 0.3) is 10.0 Å². The summed E-state index contributed by atoms with van der Waals surface area (Å²) >= 11 is 1.30. The van der Waals surface area contributed by atoms with Gasteiger partial charge in [-0.1, -0.05) is 18.2 Å². The molecule has 0 bridgehead atoms. The molecule has 146 valence electrons. The van der Waals surface area contributed by atoms with Crippen LogP contribution in [0.3, 0.4) is 0 Å². The van der Waals surface area contributed by atoms with E-state index in [-0.39, 0.29) is 10.8 Å². The molecular formula is C18H19N5O3S2. The third kappa shape index (κ3) is 4.52. The monoisotopic (exact) mass is 417 g/mol. The van der Waals surface area contributed by atoms with Crippen molar-refractivity contribution in [1.82, 2.24) is 14.8 Å². The highest BCUT2D eigenvalue weighted by Gasteiger charge is 2.20. The summed E-state index contributed by atoms with van der Waals surface area (Å²) in [5, 5.41) is 11.1. The first kappa shape index (κ1) is 19.9. The fraction of sp³-hybridized carbons (Fsp3) is 0.167. The molecule has 0 radical (unpaired) electrons. The first-order valence-electron chi connectivity index (χ1n) is 8.28. The number of carbonyl (C=O) groups excluding carboxylic acids is 1. The summed E-state index contributed by atoms with van der Waals surface area (Å²) in [6.45, 7) is 3.07. The van der Waals surface area contributed by atoms with Crippen molar-refractivity contribution >= 4 is 39.1 Å². The Morgan fingerprint density at radius 3 is 2.61 bits per heavy atom. The van der Waals surface area contributed by atoms with Gasteiger partial charge < -0.3 is 9.88 Å². The molecule has 0 unspecified atom stereocenters. The van der Waals surface area contributed by atoms with Crippen molar-refractivity contribution in [3.05, 3.63) is 54.4 Å². The van der Waals surface area contributed by atoms with Crippen LogP contribution >= 0.6 is 11.8 Å². The highest BCUT2D eigenvalue weighted by atomic mass is 32.2. The van der Waals surface area contributed by atoms with E-state index in [0.29, 0.717) is 27.0 Å². The highest BCUT2D eigenvalue weighted by Crippen LogP contribution is 2.33. The number of carbonyl (C=O) groups is 1. The summed E-state index contributed by atoms with van der Waals surface area (Å²) in [6.07, 6.45) is 1.58. The molecule has 0 aliphatic rings. The van der Waals surface area contributed by atoms with Gasteiger partial charge in [0.2, 0.25) is 5.91 Å². The quantitative estimate of drug-likeness (QED) is 0.639. The number of para-hydroxylation sites is 1. The molecule has 0 fully saturated rings. The number of aryl methyl sites for hydroxylation is 2. The summed E-state index contributed by atoms with van der Waals surface area (Å²) in [4.78, 5) is 12.1. The van der Waals surface area contributed by atoms with Crippen LogP contribution in [0.25, 0.3) is 0 Å². The van der Waals surface area contributed by atoms with Crippen LogP contribution in [0.2, 0.25) is 0 Å². The molecule has 0 saturated heterocycles. The normalized spacial score (nSPS) is 11.2. The summed E-state index contributed by atoms with van der Waals surface area (Å²) in [5.74, 6) is -0.273. The molecule has 0 aliphatic carbocycles. The van der Waals surface area contributed by atoms with Gasteiger partial charge in [0.15, 0.2) is 5.16 Å². The molecule has 0 atom stereocenters. The van der Waals surface area contributed by atoms with Gasteiger partial charge in [0.05, 0.1) is 10.6 Å². The molecule has 1 aromatic heterocycles. The van der Waals surface area contributed by atoms with E-state index in [9.17, 15) is 13.2 Å². The van der Waals surface area contributed by atoms with Crippen molar-refractivity contribution in [1.29, 1.82) is 0 Å². The Balaban J connectivity index is 1.93. The number of sulfonamides is 1. The predicted molar refractivity (Wildman–Crippen MR) is 108 cm³/mol. The molecular weight excluding hydrogens is 398 g/mol. The number of benzene rings is 2. The Morgan fingerprint density at radius 1 is 1.18 bits per heavy atom. The molecule has 3 rings (SSSR count). The first-order chi connectivity index (χ1) is 13.3. The predicted octanol–water partition coefficient (Wildman–Crippen LogP) is 3.03. The van der Waals surface area contributed by atoms with Crippen molar-refractivity contribution in [2.45, 2.75) is 28.8 Å². The number of nitrogens with zero attached hydrogens (tertiary/aromatic N) is 3. The number of rotatable bonds is 6. The molecule has 0 aliphatic heterocycles. The molecule has 0 spiro atoms. The van der Waals surface area contributed by atoms with E-state index in [1.807, 2.05) is 13.1 Å². The van der Waals surface area contributed by atoms with E-state index in [1.165, 1.54) is 24.8 Å². The van der Waals surface area contributed by atoms with Crippen LogP contribution in [0.5, 0.6) is 0 Å². The maximum atomic E-state index is 13.0. The van der Waals surface area contributed by atoms with Crippen molar-refractivity contribution in [2.75, 3.05) is 10.0 Å². The van der Waals surface area contributed by atoms with E-state index in [0.717, 1.165) is 0 Å². The van der Waals surface area contributed by atoms with Gasteiger partial charge in [-0.15, -0.1) is 10.2 Å². The maximum absolute atomic E-state index is 13.0. The second-order valence-corrected chi connectivity index (χ2v) is 8.75. The smallest absolute Gasteiger partial charge is 0.262 e. The number of nitrogens with one attached hydrogen (secondary N) is 2. The van der Waals surface area contributed by atoms with E-state index in [1.54, 1.807) is 48.1 Å². The Bertz CT molecular complexity index is 1130. The topological polar surface area (TPSA) is 106 Å². The second kappa shape index (κ2) is 8.03. The minimum Gasteiger partial charge on any atom is -0.326 e. The fourth-order valence-corrected chi connectivity index (χ4v) is 4.74. The Labute approximate surface area is 167 Å². The lowest BCUT2D eigenvalue weighted by Gasteiger charge is -2.14. The number of hydrogen-bond donors (Lipinski definition) is 2. The lowest BCUT2D eigenvalue weighted by atomic mass is 10.2. The van der Waals surface area contributed by atoms with Gasteiger partial charge in [0.1, 0.15) is 6.33 Å². The SMILES string of the molecule is CC(=O)Nc1ccc(C)c(S(=O)(=O)Nc2ccccc2Sc2nncn2C)c1.